The van der Waals surface area contributed by atoms with Crippen LogP contribution < -0.4 is 15.4 Å². The highest BCUT2D eigenvalue weighted by Crippen LogP contribution is 2.28. The lowest BCUT2D eigenvalue weighted by Crippen LogP contribution is -2.46. The van der Waals surface area contributed by atoms with Crippen molar-refractivity contribution in [2.45, 2.75) is 0 Å². The van der Waals surface area contributed by atoms with Gasteiger partial charge in [-0.2, -0.15) is 0 Å². The first-order valence-corrected chi connectivity index (χ1v) is 6.31. The number of nitrogens with zero attached hydrogens (tertiary/aromatic N) is 1. The maximum atomic E-state index is 12.3. The van der Waals surface area contributed by atoms with Crippen LogP contribution in [-0.4, -0.2) is 49.5 Å². The molecule has 2 aliphatic heterocycles. The fourth-order valence-corrected chi connectivity index (χ4v) is 2.26. The molecule has 0 radical (unpaired) electrons. The predicted octanol–water partition coefficient (Wildman–Crippen LogP) is 0.0629. The van der Waals surface area contributed by atoms with Crippen LogP contribution in [0.25, 0.3) is 0 Å². The second kappa shape index (κ2) is 4.89. The van der Waals surface area contributed by atoms with Crippen molar-refractivity contribution in [2.75, 3.05) is 38.1 Å². The van der Waals surface area contributed by atoms with E-state index in [0.29, 0.717) is 30.1 Å². The molecule has 0 bridgehead atoms. The summed E-state index contributed by atoms with van der Waals surface area (Å²) in [6.45, 7) is 3.08. The Balaban J connectivity index is 1.81. The zero-order valence-corrected chi connectivity index (χ0v) is 10.4. The average Bonchev–Trinajstić information content (AvgIpc) is 2.47. The topological polar surface area (TPSA) is 70.7 Å². The maximum Gasteiger partial charge on any atom is 0.262 e. The van der Waals surface area contributed by atoms with Crippen LogP contribution >= 0.6 is 0 Å². The van der Waals surface area contributed by atoms with E-state index < -0.39 is 0 Å². The molecule has 1 aromatic carbocycles. The summed E-state index contributed by atoms with van der Waals surface area (Å²) in [6.07, 6.45) is 0. The number of carbonyl (C=O) groups excluding carboxylic acids is 2. The number of piperazine rings is 1. The van der Waals surface area contributed by atoms with Gasteiger partial charge < -0.3 is 20.3 Å². The van der Waals surface area contributed by atoms with Gasteiger partial charge in [0.15, 0.2) is 6.61 Å². The van der Waals surface area contributed by atoms with Crippen LogP contribution in [0.3, 0.4) is 0 Å². The second-order valence-electron chi connectivity index (χ2n) is 4.59. The number of benzene rings is 1. The molecule has 2 heterocycles. The van der Waals surface area contributed by atoms with Crippen LogP contribution in [0.2, 0.25) is 0 Å². The normalized spacial score (nSPS) is 18.3. The molecular weight excluding hydrogens is 246 g/mol. The van der Waals surface area contributed by atoms with Crippen molar-refractivity contribution in [3.8, 4) is 5.75 Å². The standard InChI is InChI=1S/C13H15N3O3/c17-12-8-19-11-7-9(1-2-10(11)15-12)13(18)16-5-3-14-4-6-16/h1-2,7,14H,3-6,8H2,(H,15,17). The minimum absolute atomic E-state index is 0.00171. The molecule has 0 saturated carbocycles. The number of rotatable bonds is 1. The van der Waals surface area contributed by atoms with E-state index in [2.05, 4.69) is 10.6 Å². The van der Waals surface area contributed by atoms with Gasteiger partial charge in [0.1, 0.15) is 5.75 Å². The Kier molecular flexibility index (Phi) is 3.08. The molecule has 3 rings (SSSR count). The predicted molar refractivity (Wildman–Crippen MR) is 69.3 cm³/mol. The first-order chi connectivity index (χ1) is 9.24. The molecule has 6 nitrogen and oxygen atoms in total. The lowest BCUT2D eigenvalue weighted by Gasteiger charge is -2.28. The maximum absolute atomic E-state index is 12.3. The van der Waals surface area contributed by atoms with Crippen LogP contribution in [0.4, 0.5) is 5.69 Å². The van der Waals surface area contributed by atoms with E-state index in [4.69, 9.17) is 4.74 Å². The zero-order valence-electron chi connectivity index (χ0n) is 10.4. The van der Waals surface area contributed by atoms with E-state index in [-0.39, 0.29) is 18.4 Å². The van der Waals surface area contributed by atoms with Crippen LogP contribution in [0.15, 0.2) is 18.2 Å². The fraction of sp³-hybridized carbons (Fsp3) is 0.385. The van der Waals surface area contributed by atoms with Crippen molar-refractivity contribution in [3.05, 3.63) is 23.8 Å². The Bertz CT molecular complexity index is 524. The molecule has 19 heavy (non-hydrogen) atoms. The molecule has 2 N–H and O–H groups in total. The smallest absolute Gasteiger partial charge is 0.262 e. The lowest BCUT2D eigenvalue weighted by atomic mass is 10.1. The Hall–Kier alpha value is -2.08. The third kappa shape index (κ3) is 2.39. The number of amides is 2. The third-order valence-corrected chi connectivity index (χ3v) is 3.27. The van der Waals surface area contributed by atoms with E-state index >= 15 is 0 Å². The van der Waals surface area contributed by atoms with Crippen LogP contribution in [0.5, 0.6) is 5.75 Å². The molecule has 1 fully saturated rings. The molecule has 0 unspecified atom stereocenters. The summed E-state index contributed by atoms with van der Waals surface area (Å²) in [7, 11) is 0. The molecule has 1 saturated heterocycles. The van der Waals surface area contributed by atoms with Gasteiger partial charge >= 0.3 is 0 Å². The van der Waals surface area contributed by atoms with Crippen molar-refractivity contribution in [1.29, 1.82) is 0 Å². The number of carbonyl (C=O) groups is 2. The molecule has 100 valence electrons. The Labute approximate surface area is 110 Å². The molecule has 0 spiro atoms. The van der Waals surface area contributed by atoms with E-state index in [1.807, 2.05) is 4.90 Å². The molecule has 0 atom stereocenters. The van der Waals surface area contributed by atoms with Gasteiger partial charge in [-0.1, -0.05) is 0 Å². The summed E-state index contributed by atoms with van der Waals surface area (Å²) >= 11 is 0. The minimum atomic E-state index is -0.173. The lowest BCUT2D eigenvalue weighted by molar-refractivity contribution is -0.118. The first kappa shape index (κ1) is 12.0. The molecule has 1 aromatic rings. The monoisotopic (exact) mass is 261 g/mol. The van der Waals surface area contributed by atoms with Crippen molar-refractivity contribution >= 4 is 17.5 Å². The Morgan fingerprint density at radius 3 is 2.84 bits per heavy atom. The summed E-state index contributed by atoms with van der Waals surface area (Å²) in [4.78, 5) is 25.3. The van der Waals surface area contributed by atoms with Crippen molar-refractivity contribution in [1.82, 2.24) is 10.2 Å². The van der Waals surface area contributed by atoms with Crippen LogP contribution in [-0.2, 0) is 4.79 Å². The Morgan fingerprint density at radius 2 is 2.05 bits per heavy atom. The van der Waals surface area contributed by atoms with Gasteiger partial charge in [0.25, 0.3) is 11.8 Å². The fourth-order valence-electron chi connectivity index (χ4n) is 2.26. The summed E-state index contributed by atoms with van der Waals surface area (Å²) in [5, 5.41) is 5.92. The van der Waals surface area contributed by atoms with Gasteiger partial charge in [0.2, 0.25) is 0 Å². The number of hydrogen-bond donors (Lipinski definition) is 2. The molecule has 2 amide bonds. The van der Waals surface area contributed by atoms with E-state index in [1.165, 1.54) is 0 Å². The van der Waals surface area contributed by atoms with E-state index in [1.54, 1.807) is 18.2 Å². The van der Waals surface area contributed by atoms with Crippen molar-refractivity contribution in [2.24, 2.45) is 0 Å². The number of fused-ring (bicyclic) bond motifs is 1. The molecule has 6 heteroatoms. The van der Waals surface area contributed by atoms with Gasteiger partial charge in [-0.3, -0.25) is 9.59 Å². The number of anilines is 1. The van der Waals surface area contributed by atoms with E-state index in [9.17, 15) is 9.59 Å². The zero-order chi connectivity index (χ0) is 13.2. The molecule has 0 aliphatic carbocycles. The van der Waals surface area contributed by atoms with Crippen molar-refractivity contribution in [3.63, 3.8) is 0 Å². The molecular formula is C13H15N3O3. The summed E-state index contributed by atoms with van der Waals surface area (Å²) in [5.41, 5.74) is 1.21. The van der Waals surface area contributed by atoms with Crippen LogP contribution in [0, 0.1) is 0 Å². The van der Waals surface area contributed by atoms with Crippen molar-refractivity contribution < 1.29 is 14.3 Å². The second-order valence-corrected chi connectivity index (χ2v) is 4.59. The molecule has 0 aromatic heterocycles. The number of ether oxygens (including phenoxy) is 1. The quantitative estimate of drug-likeness (QED) is 0.750. The summed E-state index contributed by atoms with van der Waals surface area (Å²) in [6, 6.07) is 5.12. The van der Waals surface area contributed by atoms with Gasteiger partial charge in [0.05, 0.1) is 5.69 Å². The first-order valence-electron chi connectivity index (χ1n) is 6.31. The van der Waals surface area contributed by atoms with Gasteiger partial charge in [-0.25, -0.2) is 0 Å². The third-order valence-electron chi connectivity index (χ3n) is 3.27. The van der Waals surface area contributed by atoms with Gasteiger partial charge in [0, 0.05) is 31.7 Å². The van der Waals surface area contributed by atoms with Crippen LogP contribution in [0.1, 0.15) is 10.4 Å². The van der Waals surface area contributed by atoms with Gasteiger partial charge in [-0.15, -0.1) is 0 Å². The highest BCUT2D eigenvalue weighted by Gasteiger charge is 2.21. The average molecular weight is 261 g/mol. The number of nitrogens with one attached hydrogen (secondary N) is 2. The molecule has 2 aliphatic rings. The number of hydrogen-bond acceptors (Lipinski definition) is 4. The van der Waals surface area contributed by atoms with Gasteiger partial charge in [-0.05, 0) is 18.2 Å². The Morgan fingerprint density at radius 1 is 1.26 bits per heavy atom. The highest BCUT2D eigenvalue weighted by molar-refractivity contribution is 5.99. The summed E-state index contributed by atoms with van der Waals surface area (Å²) < 4.78 is 5.32. The van der Waals surface area contributed by atoms with E-state index in [0.717, 1.165) is 13.1 Å². The minimum Gasteiger partial charge on any atom is -0.482 e. The SMILES string of the molecule is O=C1COc2cc(C(=O)N3CCNCC3)ccc2N1. The highest BCUT2D eigenvalue weighted by atomic mass is 16.5. The largest absolute Gasteiger partial charge is 0.482 e. The summed E-state index contributed by atoms with van der Waals surface area (Å²) in [5.74, 6) is 0.388.